The van der Waals surface area contributed by atoms with Gasteiger partial charge in [-0.05, 0) is 43.0 Å². The van der Waals surface area contributed by atoms with Crippen LogP contribution in [0.1, 0.15) is 24.8 Å². The van der Waals surface area contributed by atoms with Crippen molar-refractivity contribution >= 4 is 16.7 Å². The van der Waals surface area contributed by atoms with Crippen LogP contribution in [0.5, 0.6) is 0 Å². The minimum absolute atomic E-state index is 0.258. The monoisotopic (exact) mass is 211 g/mol. The fraction of sp³-hybridized carbons (Fsp3) is 0.286. The van der Waals surface area contributed by atoms with Gasteiger partial charge in [-0.3, -0.25) is 9.78 Å². The SMILES string of the molecule is CC(=O)C1CC1c1ccc2ncccc2c1. The van der Waals surface area contributed by atoms with Crippen LogP contribution in [0.15, 0.2) is 36.5 Å². The van der Waals surface area contributed by atoms with Gasteiger partial charge in [0.2, 0.25) is 0 Å². The highest BCUT2D eigenvalue weighted by molar-refractivity contribution is 5.84. The first-order valence-electron chi connectivity index (χ1n) is 5.61. The predicted molar refractivity (Wildman–Crippen MR) is 63.3 cm³/mol. The number of pyridine rings is 1. The van der Waals surface area contributed by atoms with E-state index in [0.717, 1.165) is 17.3 Å². The molecule has 2 heteroatoms. The number of carbonyl (C=O) groups excluding carboxylic acids is 1. The van der Waals surface area contributed by atoms with Crippen molar-refractivity contribution in [1.82, 2.24) is 4.98 Å². The molecule has 3 rings (SSSR count). The summed E-state index contributed by atoms with van der Waals surface area (Å²) >= 11 is 0. The van der Waals surface area contributed by atoms with Gasteiger partial charge in [0.05, 0.1) is 5.52 Å². The molecule has 0 radical (unpaired) electrons. The lowest BCUT2D eigenvalue weighted by atomic mass is 10.1. The summed E-state index contributed by atoms with van der Waals surface area (Å²) in [4.78, 5) is 15.5. The van der Waals surface area contributed by atoms with E-state index in [-0.39, 0.29) is 5.92 Å². The average Bonchev–Trinajstić information content (AvgIpc) is 3.08. The summed E-state index contributed by atoms with van der Waals surface area (Å²) in [5.74, 6) is 1.02. The average molecular weight is 211 g/mol. The molecule has 0 aliphatic heterocycles. The van der Waals surface area contributed by atoms with Crippen LogP contribution in [0.3, 0.4) is 0 Å². The summed E-state index contributed by atoms with van der Waals surface area (Å²) in [5.41, 5.74) is 2.30. The van der Waals surface area contributed by atoms with E-state index in [1.165, 1.54) is 5.56 Å². The second-order valence-electron chi connectivity index (χ2n) is 4.51. The molecule has 16 heavy (non-hydrogen) atoms. The summed E-state index contributed by atoms with van der Waals surface area (Å²) in [5, 5.41) is 1.16. The van der Waals surface area contributed by atoms with Crippen LogP contribution in [0.2, 0.25) is 0 Å². The van der Waals surface area contributed by atoms with Gasteiger partial charge in [-0.2, -0.15) is 0 Å². The summed E-state index contributed by atoms with van der Waals surface area (Å²) in [7, 11) is 0. The van der Waals surface area contributed by atoms with E-state index in [1.807, 2.05) is 12.1 Å². The summed E-state index contributed by atoms with van der Waals surface area (Å²) in [6, 6.07) is 10.3. The van der Waals surface area contributed by atoms with Crippen molar-refractivity contribution in [2.45, 2.75) is 19.3 Å². The fourth-order valence-electron chi connectivity index (χ4n) is 2.34. The number of ketones is 1. The zero-order chi connectivity index (χ0) is 11.1. The summed E-state index contributed by atoms with van der Waals surface area (Å²) in [6.45, 7) is 1.69. The molecule has 0 spiro atoms. The maximum Gasteiger partial charge on any atom is 0.133 e. The number of Topliss-reactive ketones (excluding diaryl/α,β-unsaturated/α-hetero) is 1. The standard InChI is InChI=1S/C14H13NO/c1-9(16)12-8-13(12)10-4-5-14-11(7-10)3-2-6-15-14/h2-7,12-13H,8H2,1H3. The Kier molecular flexibility index (Phi) is 2.03. The molecule has 1 saturated carbocycles. The number of fused-ring (bicyclic) bond motifs is 1. The van der Waals surface area contributed by atoms with E-state index >= 15 is 0 Å². The molecule has 0 saturated heterocycles. The molecule has 1 fully saturated rings. The predicted octanol–water partition coefficient (Wildman–Crippen LogP) is 2.93. The lowest BCUT2D eigenvalue weighted by Gasteiger charge is -2.01. The highest BCUT2D eigenvalue weighted by atomic mass is 16.1. The Bertz CT molecular complexity index is 561. The van der Waals surface area contributed by atoms with E-state index in [0.29, 0.717) is 11.7 Å². The van der Waals surface area contributed by atoms with Gasteiger partial charge in [0, 0.05) is 17.5 Å². The number of nitrogens with zero attached hydrogens (tertiary/aromatic N) is 1. The van der Waals surface area contributed by atoms with Crippen molar-refractivity contribution in [1.29, 1.82) is 0 Å². The van der Waals surface area contributed by atoms with Crippen LogP contribution in [0, 0.1) is 5.92 Å². The van der Waals surface area contributed by atoms with Crippen LogP contribution in [0.4, 0.5) is 0 Å². The van der Waals surface area contributed by atoms with Gasteiger partial charge in [0.25, 0.3) is 0 Å². The highest BCUT2D eigenvalue weighted by Gasteiger charge is 2.41. The minimum atomic E-state index is 0.258. The number of aromatic nitrogens is 1. The van der Waals surface area contributed by atoms with E-state index in [2.05, 4.69) is 23.2 Å². The van der Waals surface area contributed by atoms with Crippen molar-refractivity contribution in [3.8, 4) is 0 Å². The van der Waals surface area contributed by atoms with Crippen molar-refractivity contribution in [3.63, 3.8) is 0 Å². The Morgan fingerprint density at radius 3 is 3.00 bits per heavy atom. The van der Waals surface area contributed by atoms with Crippen LogP contribution >= 0.6 is 0 Å². The first-order valence-corrected chi connectivity index (χ1v) is 5.61. The van der Waals surface area contributed by atoms with Crippen molar-refractivity contribution < 1.29 is 4.79 Å². The first kappa shape index (κ1) is 9.52. The summed E-state index contributed by atoms with van der Waals surface area (Å²) < 4.78 is 0. The maximum atomic E-state index is 11.2. The second kappa shape index (κ2) is 3.41. The molecule has 1 aliphatic rings. The quantitative estimate of drug-likeness (QED) is 0.764. The number of benzene rings is 1. The van der Waals surface area contributed by atoms with Gasteiger partial charge in [0.15, 0.2) is 0 Å². The molecule has 1 heterocycles. The van der Waals surface area contributed by atoms with Crippen LogP contribution in [0.25, 0.3) is 10.9 Å². The van der Waals surface area contributed by atoms with Gasteiger partial charge in [-0.1, -0.05) is 12.1 Å². The zero-order valence-electron chi connectivity index (χ0n) is 9.18. The lowest BCUT2D eigenvalue weighted by Crippen LogP contribution is -1.94. The molecule has 80 valence electrons. The molecular weight excluding hydrogens is 198 g/mol. The largest absolute Gasteiger partial charge is 0.300 e. The van der Waals surface area contributed by atoms with Crippen molar-refractivity contribution in [3.05, 3.63) is 42.1 Å². The topological polar surface area (TPSA) is 30.0 Å². The minimum Gasteiger partial charge on any atom is -0.300 e. The van der Waals surface area contributed by atoms with Crippen molar-refractivity contribution in [2.75, 3.05) is 0 Å². The van der Waals surface area contributed by atoms with E-state index < -0.39 is 0 Å². The van der Waals surface area contributed by atoms with Gasteiger partial charge in [-0.25, -0.2) is 0 Å². The van der Waals surface area contributed by atoms with Gasteiger partial charge in [0.1, 0.15) is 5.78 Å². The number of carbonyl (C=O) groups is 1. The van der Waals surface area contributed by atoms with E-state index in [1.54, 1.807) is 13.1 Å². The molecule has 0 bridgehead atoms. The molecule has 2 nitrogen and oxygen atoms in total. The normalized spacial score (nSPS) is 23.3. The lowest BCUT2D eigenvalue weighted by molar-refractivity contribution is -0.118. The molecule has 1 aromatic carbocycles. The molecule has 0 N–H and O–H groups in total. The zero-order valence-corrected chi connectivity index (χ0v) is 9.18. The number of hydrogen-bond acceptors (Lipinski definition) is 2. The third kappa shape index (κ3) is 1.51. The Morgan fingerprint density at radius 1 is 1.38 bits per heavy atom. The number of hydrogen-bond donors (Lipinski definition) is 0. The highest BCUT2D eigenvalue weighted by Crippen LogP contribution is 2.48. The fourth-order valence-corrected chi connectivity index (χ4v) is 2.34. The van der Waals surface area contributed by atoms with Gasteiger partial charge < -0.3 is 0 Å². The van der Waals surface area contributed by atoms with Crippen LogP contribution < -0.4 is 0 Å². The van der Waals surface area contributed by atoms with Gasteiger partial charge in [-0.15, -0.1) is 0 Å². The molecule has 2 unspecified atom stereocenters. The Labute approximate surface area is 94.3 Å². The third-order valence-electron chi connectivity index (χ3n) is 3.37. The third-order valence-corrected chi connectivity index (χ3v) is 3.37. The molecule has 1 aliphatic carbocycles. The first-order chi connectivity index (χ1) is 7.75. The van der Waals surface area contributed by atoms with Crippen LogP contribution in [-0.4, -0.2) is 10.8 Å². The number of rotatable bonds is 2. The Hall–Kier alpha value is -1.70. The Balaban J connectivity index is 1.98. The molecule has 2 aromatic rings. The van der Waals surface area contributed by atoms with E-state index in [9.17, 15) is 4.79 Å². The van der Waals surface area contributed by atoms with Crippen molar-refractivity contribution in [2.24, 2.45) is 5.92 Å². The molecular formula is C14H13NO. The molecule has 2 atom stereocenters. The molecule has 1 aromatic heterocycles. The Morgan fingerprint density at radius 2 is 2.25 bits per heavy atom. The van der Waals surface area contributed by atoms with Gasteiger partial charge >= 0.3 is 0 Å². The summed E-state index contributed by atoms with van der Waals surface area (Å²) in [6.07, 6.45) is 2.82. The van der Waals surface area contributed by atoms with Crippen LogP contribution in [-0.2, 0) is 4.79 Å². The maximum absolute atomic E-state index is 11.2. The smallest absolute Gasteiger partial charge is 0.133 e. The van der Waals surface area contributed by atoms with E-state index in [4.69, 9.17) is 0 Å². The second-order valence-corrected chi connectivity index (χ2v) is 4.51. The molecule has 0 amide bonds.